The van der Waals surface area contributed by atoms with Gasteiger partial charge in [0.05, 0.1) is 39.1 Å². The standard InChI is InChI=1S/C56H36N4/c1-4-15-37(16-5-1)38-27-29-40(30-28-38)49-36-48(39-17-6-2-7-18-39)57-56(58-49)42-31-32-44-41(35-42)19-14-26-50(44)60-52-25-13-11-23-47(52)54-53(60)34-33-46-45-22-10-12-24-51(45)59(55(46)54)43-20-8-3-9-21-43/h1-36H. The Morgan fingerprint density at radius 2 is 0.867 bits per heavy atom. The second-order valence-electron chi connectivity index (χ2n) is 15.4. The van der Waals surface area contributed by atoms with Crippen molar-refractivity contribution in [3.63, 3.8) is 0 Å². The van der Waals surface area contributed by atoms with E-state index in [1.807, 2.05) is 12.1 Å². The third-order valence-corrected chi connectivity index (χ3v) is 11.9. The molecule has 60 heavy (non-hydrogen) atoms. The van der Waals surface area contributed by atoms with Crippen molar-refractivity contribution in [2.24, 2.45) is 0 Å². The van der Waals surface area contributed by atoms with Crippen molar-refractivity contribution in [2.45, 2.75) is 0 Å². The molecule has 0 aliphatic rings. The van der Waals surface area contributed by atoms with Crippen LogP contribution in [0.5, 0.6) is 0 Å². The molecule has 0 amide bonds. The molecule has 0 aliphatic carbocycles. The zero-order valence-electron chi connectivity index (χ0n) is 32.6. The van der Waals surface area contributed by atoms with Crippen molar-refractivity contribution in [1.82, 2.24) is 19.1 Å². The topological polar surface area (TPSA) is 35.6 Å². The molecule has 0 bridgehead atoms. The molecule has 0 radical (unpaired) electrons. The highest BCUT2D eigenvalue weighted by molar-refractivity contribution is 6.26. The summed E-state index contributed by atoms with van der Waals surface area (Å²) in [6.45, 7) is 0. The van der Waals surface area contributed by atoms with Gasteiger partial charge < -0.3 is 9.13 Å². The SMILES string of the molecule is c1ccc(-c2ccc(-c3cc(-c4ccccc4)nc(-c4ccc5c(-n6c7ccccc7c7c6ccc6c8ccccc8n(-c8ccccc8)c67)cccc5c4)n3)cc2)cc1. The van der Waals surface area contributed by atoms with Crippen LogP contribution < -0.4 is 0 Å². The van der Waals surface area contributed by atoms with E-state index in [0.717, 1.165) is 50.2 Å². The minimum atomic E-state index is 0.693. The summed E-state index contributed by atoms with van der Waals surface area (Å²) in [7, 11) is 0. The van der Waals surface area contributed by atoms with Crippen LogP contribution in [0.15, 0.2) is 218 Å². The van der Waals surface area contributed by atoms with Gasteiger partial charge in [-0.3, -0.25) is 0 Å². The Bertz CT molecular complexity index is 3570. The molecule has 280 valence electrons. The molecular formula is C56H36N4. The number of hydrogen-bond donors (Lipinski definition) is 0. The molecule has 0 saturated heterocycles. The van der Waals surface area contributed by atoms with Gasteiger partial charge in [0.15, 0.2) is 5.82 Å². The van der Waals surface area contributed by atoms with Gasteiger partial charge in [0.1, 0.15) is 0 Å². The third-order valence-electron chi connectivity index (χ3n) is 11.9. The average Bonchev–Trinajstić information content (AvgIpc) is 3.85. The maximum atomic E-state index is 5.22. The monoisotopic (exact) mass is 764 g/mol. The van der Waals surface area contributed by atoms with Crippen LogP contribution in [-0.4, -0.2) is 19.1 Å². The first-order valence-electron chi connectivity index (χ1n) is 20.4. The molecule has 0 spiro atoms. The van der Waals surface area contributed by atoms with E-state index in [1.54, 1.807) is 0 Å². The van der Waals surface area contributed by atoms with Gasteiger partial charge in [-0.05, 0) is 65.0 Å². The fourth-order valence-electron chi connectivity index (χ4n) is 9.16. The third kappa shape index (κ3) is 5.46. The molecule has 4 nitrogen and oxygen atoms in total. The Morgan fingerprint density at radius 3 is 1.60 bits per heavy atom. The second kappa shape index (κ2) is 13.8. The molecule has 0 atom stereocenters. The van der Waals surface area contributed by atoms with Crippen molar-refractivity contribution in [3.05, 3.63) is 218 Å². The van der Waals surface area contributed by atoms with Crippen molar-refractivity contribution in [1.29, 1.82) is 0 Å². The van der Waals surface area contributed by atoms with Crippen LogP contribution in [0.25, 0.3) is 111 Å². The predicted molar refractivity (Wildman–Crippen MR) is 250 cm³/mol. The van der Waals surface area contributed by atoms with Crippen LogP contribution in [0.1, 0.15) is 0 Å². The van der Waals surface area contributed by atoms with E-state index in [2.05, 4.69) is 215 Å². The largest absolute Gasteiger partial charge is 0.309 e. The lowest BCUT2D eigenvalue weighted by Crippen LogP contribution is -1.98. The van der Waals surface area contributed by atoms with Gasteiger partial charge in [0.2, 0.25) is 0 Å². The average molecular weight is 765 g/mol. The summed E-state index contributed by atoms with van der Waals surface area (Å²) >= 11 is 0. The Hall–Kier alpha value is -8.08. The fraction of sp³-hybridized carbons (Fsp3) is 0. The lowest BCUT2D eigenvalue weighted by atomic mass is 10.0. The Balaban J connectivity index is 1.04. The molecule has 3 aromatic heterocycles. The van der Waals surface area contributed by atoms with Crippen LogP contribution in [0.3, 0.4) is 0 Å². The van der Waals surface area contributed by atoms with Crippen LogP contribution in [0, 0.1) is 0 Å². The van der Waals surface area contributed by atoms with Crippen molar-refractivity contribution >= 4 is 54.4 Å². The zero-order chi connectivity index (χ0) is 39.6. The minimum absolute atomic E-state index is 0.693. The highest BCUT2D eigenvalue weighted by Gasteiger charge is 2.21. The normalized spacial score (nSPS) is 11.7. The highest BCUT2D eigenvalue weighted by atomic mass is 15.0. The van der Waals surface area contributed by atoms with E-state index in [-0.39, 0.29) is 0 Å². The van der Waals surface area contributed by atoms with E-state index < -0.39 is 0 Å². The van der Waals surface area contributed by atoms with Crippen molar-refractivity contribution in [2.75, 3.05) is 0 Å². The van der Waals surface area contributed by atoms with Gasteiger partial charge in [-0.2, -0.15) is 0 Å². The fourth-order valence-corrected chi connectivity index (χ4v) is 9.16. The molecular weight excluding hydrogens is 729 g/mol. The molecule has 0 fully saturated rings. The summed E-state index contributed by atoms with van der Waals surface area (Å²) < 4.78 is 4.89. The molecule has 12 rings (SSSR count). The number of rotatable bonds is 6. The molecule has 0 aliphatic heterocycles. The summed E-state index contributed by atoms with van der Waals surface area (Å²) in [5.41, 5.74) is 14.3. The van der Waals surface area contributed by atoms with Gasteiger partial charge in [-0.15, -0.1) is 0 Å². The Morgan fingerprint density at radius 1 is 0.317 bits per heavy atom. The maximum absolute atomic E-state index is 5.22. The molecule has 3 heterocycles. The first-order chi connectivity index (χ1) is 29.8. The summed E-state index contributed by atoms with van der Waals surface area (Å²) in [4.78, 5) is 10.4. The summed E-state index contributed by atoms with van der Waals surface area (Å²) in [5, 5.41) is 7.24. The molecule has 9 aromatic carbocycles. The van der Waals surface area contributed by atoms with Gasteiger partial charge in [0, 0.05) is 49.3 Å². The smallest absolute Gasteiger partial charge is 0.160 e. The van der Waals surface area contributed by atoms with E-state index >= 15 is 0 Å². The molecule has 0 N–H and O–H groups in total. The minimum Gasteiger partial charge on any atom is -0.309 e. The summed E-state index contributed by atoms with van der Waals surface area (Å²) in [6.07, 6.45) is 0. The predicted octanol–water partition coefficient (Wildman–Crippen LogP) is 14.5. The summed E-state index contributed by atoms with van der Waals surface area (Å²) in [5.74, 6) is 0.693. The first kappa shape index (κ1) is 34.0. The number of nitrogens with zero attached hydrogens (tertiary/aromatic N) is 4. The van der Waals surface area contributed by atoms with Gasteiger partial charge in [-0.25, -0.2) is 9.97 Å². The zero-order valence-corrected chi connectivity index (χ0v) is 32.6. The van der Waals surface area contributed by atoms with Crippen LogP contribution >= 0.6 is 0 Å². The highest BCUT2D eigenvalue weighted by Crippen LogP contribution is 2.43. The van der Waals surface area contributed by atoms with Crippen LogP contribution in [0.2, 0.25) is 0 Å². The Labute approximate surface area is 346 Å². The quantitative estimate of drug-likeness (QED) is 0.169. The van der Waals surface area contributed by atoms with E-state index in [9.17, 15) is 0 Å². The van der Waals surface area contributed by atoms with Crippen molar-refractivity contribution in [3.8, 4) is 56.4 Å². The first-order valence-corrected chi connectivity index (χ1v) is 20.4. The van der Waals surface area contributed by atoms with Crippen LogP contribution in [-0.2, 0) is 0 Å². The summed E-state index contributed by atoms with van der Waals surface area (Å²) in [6, 6.07) is 77.9. The number of para-hydroxylation sites is 3. The number of aromatic nitrogens is 4. The molecule has 0 saturated carbocycles. The Kier molecular flexibility index (Phi) is 7.82. The number of hydrogen-bond acceptors (Lipinski definition) is 2. The van der Waals surface area contributed by atoms with Crippen LogP contribution in [0.4, 0.5) is 0 Å². The van der Waals surface area contributed by atoms with Gasteiger partial charge in [-0.1, -0.05) is 170 Å². The van der Waals surface area contributed by atoms with E-state index in [1.165, 1.54) is 54.7 Å². The molecule has 4 heteroatoms. The van der Waals surface area contributed by atoms with Gasteiger partial charge >= 0.3 is 0 Å². The lowest BCUT2D eigenvalue weighted by Gasteiger charge is -2.14. The molecule has 0 unspecified atom stereocenters. The van der Waals surface area contributed by atoms with Gasteiger partial charge in [0.25, 0.3) is 0 Å². The van der Waals surface area contributed by atoms with Crippen molar-refractivity contribution < 1.29 is 0 Å². The molecule has 12 aromatic rings. The number of benzene rings is 9. The van der Waals surface area contributed by atoms with E-state index in [0.29, 0.717) is 5.82 Å². The van der Waals surface area contributed by atoms with E-state index in [4.69, 9.17) is 9.97 Å². The number of fused-ring (bicyclic) bond motifs is 8. The lowest BCUT2D eigenvalue weighted by molar-refractivity contribution is 1.18. The maximum Gasteiger partial charge on any atom is 0.160 e. The second-order valence-corrected chi connectivity index (χ2v) is 15.4.